The zero-order valence-electron chi connectivity index (χ0n) is 10.9. The molecule has 4 heteroatoms. The molecule has 18 heavy (non-hydrogen) atoms. The van der Waals surface area contributed by atoms with Gasteiger partial charge in [0.25, 0.3) is 5.91 Å². The van der Waals surface area contributed by atoms with Gasteiger partial charge in [-0.25, -0.2) is 0 Å². The predicted octanol–water partition coefficient (Wildman–Crippen LogP) is 2.47. The number of amides is 1. The molecule has 0 aliphatic rings. The summed E-state index contributed by atoms with van der Waals surface area (Å²) in [5.41, 5.74) is 2.23. The van der Waals surface area contributed by atoms with Gasteiger partial charge >= 0.3 is 0 Å². The lowest BCUT2D eigenvalue weighted by Gasteiger charge is -2.13. The van der Waals surface area contributed by atoms with Crippen LogP contribution in [0.25, 0.3) is 10.9 Å². The Morgan fingerprint density at radius 3 is 3.00 bits per heavy atom. The number of nitrogens with zero attached hydrogens (tertiary/aromatic N) is 2. The third-order valence-corrected chi connectivity index (χ3v) is 3.04. The van der Waals surface area contributed by atoms with Crippen LogP contribution in [-0.4, -0.2) is 21.9 Å². The van der Waals surface area contributed by atoms with Crippen LogP contribution in [0.15, 0.2) is 24.5 Å². The first-order chi connectivity index (χ1) is 8.61. The van der Waals surface area contributed by atoms with Crippen LogP contribution in [-0.2, 0) is 0 Å². The smallest absolute Gasteiger partial charge is 0.253 e. The van der Waals surface area contributed by atoms with E-state index >= 15 is 0 Å². The highest BCUT2D eigenvalue weighted by Gasteiger charge is 2.13. The van der Waals surface area contributed by atoms with Crippen molar-refractivity contribution in [1.82, 2.24) is 15.3 Å². The normalized spacial score (nSPS) is 12.4. The van der Waals surface area contributed by atoms with Gasteiger partial charge in [-0.3, -0.25) is 14.8 Å². The Bertz CT molecular complexity index is 580. The lowest BCUT2D eigenvalue weighted by atomic mass is 10.1. The molecule has 1 amide bonds. The molecule has 2 aromatic rings. The van der Waals surface area contributed by atoms with Gasteiger partial charge in [0.05, 0.1) is 16.8 Å². The second-order valence-electron chi connectivity index (χ2n) is 4.47. The maximum absolute atomic E-state index is 12.1. The van der Waals surface area contributed by atoms with Crippen molar-refractivity contribution in [3.05, 3.63) is 35.8 Å². The predicted molar refractivity (Wildman–Crippen MR) is 71.5 cm³/mol. The third kappa shape index (κ3) is 2.47. The zero-order chi connectivity index (χ0) is 13.1. The van der Waals surface area contributed by atoms with Crippen molar-refractivity contribution in [2.24, 2.45) is 0 Å². The molecule has 0 spiro atoms. The average molecular weight is 243 g/mol. The molecule has 0 saturated carbocycles. The lowest BCUT2D eigenvalue weighted by molar-refractivity contribution is 0.0938. The molecule has 0 fully saturated rings. The van der Waals surface area contributed by atoms with Crippen LogP contribution in [0.5, 0.6) is 0 Å². The van der Waals surface area contributed by atoms with Crippen LogP contribution in [0.2, 0.25) is 0 Å². The van der Waals surface area contributed by atoms with Crippen LogP contribution in [0.1, 0.15) is 36.3 Å². The largest absolute Gasteiger partial charge is 0.350 e. The van der Waals surface area contributed by atoms with Crippen molar-refractivity contribution >= 4 is 16.8 Å². The van der Waals surface area contributed by atoms with Crippen molar-refractivity contribution in [1.29, 1.82) is 0 Å². The Morgan fingerprint density at radius 1 is 1.50 bits per heavy atom. The summed E-state index contributed by atoms with van der Waals surface area (Å²) in [7, 11) is 0. The highest BCUT2D eigenvalue weighted by Crippen LogP contribution is 2.15. The molecular weight excluding hydrogens is 226 g/mol. The topological polar surface area (TPSA) is 54.9 Å². The van der Waals surface area contributed by atoms with E-state index in [9.17, 15) is 4.79 Å². The van der Waals surface area contributed by atoms with Gasteiger partial charge in [-0.2, -0.15) is 0 Å². The van der Waals surface area contributed by atoms with E-state index < -0.39 is 0 Å². The maximum Gasteiger partial charge on any atom is 0.253 e. The van der Waals surface area contributed by atoms with Crippen molar-refractivity contribution in [3.63, 3.8) is 0 Å². The Balaban J connectivity index is 2.38. The summed E-state index contributed by atoms with van der Waals surface area (Å²) in [5, 5.41) is 3.84. The Hall–Kier alpha value is -1.97. The minimum Gasteiger partial charge on any atom is -0.350 e. The summed E-state index contributed by atoms with van der Waals surface area (Å²) in [5.74, 6) is -0.0693. The number of pyridine rings is 2. The summed E-state index contributed by atoms with van der Waals surface area (Å²) in [6, 6.07) is 3.86. The fourth-order valence-electron chi connectivity index (χ4n) is 1.75. The van der Waals surface area contributed by atoms with E-state index in [-0.39, 0.29) is 11.9 Å². The van der Waals surface area contributed by atoms with Gasteiger partial charge in [0.2, 0.25) is 0 Å². The quantitative estimate of drug-likeness (QED) is 0.901. The summed E-state index contributed by atoms with van der Waals surface area (Å²) in [6.45, 7) is 5.88. The first kappa shape index (κ1) is 12.5. The summed E-state index contributed by atoms with van der Waals surface area (Å²) < 4.78 is 0. The molecule has 1 N–H and O–H groups in total. The molecule has 0 aliphatic carbocycles. The molecule has 0 bridgehead atoms. The number of nitrogens with one attached hydrogen (secondary N) is 1. The van der Waals surface area contributed by atoms with Crippen LogP contribution < -0.4 is 5.32 Å². The number of carbonyl (C=O) groups excluding carboxylic acids is 1. The number of fused-ring (bicyclic) bond motifs is 1. The number of hydrogen-bond donors (Lipinski definition) is 1. The summed E-state index contributed by atoms with van der Waals surface area (Å²) in [4.78, 5) is 20.6. The SMILES string of the molecule is CCC(C)NC(=O)c1cc2cnccc2nc1C. The van der Waals surface area contributed by atoms with Crippen molar-refractivity contribution in [2.45, 2.75) is 33.2 Å². The highest BCUT2D eigenvalue weighted by atomic mass is 16.1. The van der Waals surface area contributed by atoms with E-state index in [0.717, 1.165) is 23.0 Å². The minimum atomic E-state index is -0.0693. The Morgan fingerprint density at radius 2 is 2.28 bits per heavy atom. The molecule has 4 nitrogen and oxygen atoms in total. The van der Waals surface area contributed by atoms with Gasteiger partial charge in [0.15, 0.2) is 0 Å². The third-order valence-electron chi connectivity index (χ3n) is 3.04. The van der Waals surface area contributed by atoms with E-state index in [1.807, 2.05) is 32.9 Å². The van der Waals surface area contributed by atoms with Crippen LogP contribution in [0, 0.1) is 6.92 Å². The minimum absolute atomic E-state index is 0.0693. The molecule has 94 valence electrons. The number of aromatic nitrogens is 2. The number of hydrogen-bond acceptors (Lipinski definition) is 3. The Kier molecular flexibility index (Phi) is 3.55. The Labute approximate surface area is 106 Å². The molecule has 2 aromatic heterocycles. The fourth-order valence-corrected chi connectivity index (χ4v) is 1.75. The first-order valence-electron chi connectivity index (χ1n) is 6.14. The molecular formula is C14H17N3O. The van der Waals surface area contributed by atoms with Gasteiger partial charge in [-0.1, -0.05) is 6.92 Å². The van der Waals surface area contributed by atoms with Gasteiger partial charge in [-0.15, -0.1) is 0 Å². The molecule has 1 unspecified atom stereocenters. The summed E-state index contributed by atoms with van der Waals surface area (Å²) >= 11 is 0. The van der Waals surface area contributed by atoms with E-state index in [2.05, 4.69) is 15.3 Å². The molecule has 2 rings (SSSR count). The molecule has 0 aliphatic heterocycles. The maximum atomic E-state index is 12.1. The van der Waals surface area contributed by atoms with Crippen molar-refractivity contribution in [2.75, 3.05) is 0 Å². The van der Waals surface area contributed by atoms with E-state index in [1.54, 1.807) is 12.4 Å². The number of carbonyl (C=O) groups is 1. The van der Waals surface area contributed by atoms with E-state index in [0.29, 0.717) is 5.56 Å². The van der Waals surface area contributed by atoms with Gasteiger partial charge in [0, 0.05) is 23.8 Å². The summed E-state index contributed by atoms with van der Waals surface area (Å²) in [6.07, 6.45) is 4.34. The van der Waals surface area contributed by atoms with E-state index in [4.69, 9.17) is 0 Å². The fraction of sp³-hybridized carbons (Fsp3) is 0.357. The van der Waals surface area contributed by atoms with Gasteiger partial charge in [-0.05, 0) is 32.4 Å². The molecule has 0 saturated heterocycles. The lowest BCUT2D eigenvalue weighted by Crippen LogP contribution is -2.32. The van der Waals surface area contributed by atoms with Crippen LogP contribution >= 0.6 is 0 Å². The molecule has 0 aromatic carbocycles. The second kappa shape index (κ2) is 5.12. The molecule has 0 radical (unpaired) electrons. The highest BCUT2D eigenvalue weighted by molar-refractivity contribution is 5.98. The van der Waals surface area contributed by atoms with Crippen molar-refractivity contribution in [3.8, 4) is 0 Å². The van der Waals surface area contributed by atoms with Gasteiger partial charge < -0.3 is 5.32 Å². The zero-order valence-corrected chi connectivity index (χ0v) is 10.9. The standard InChI is InChI=1S/C14H17N3O/c1-4-9(2)16-14(18)12-7-11-8-15-6-5-13(11)17-10(12)3/h5-9H,4H2,1-3H3,(H,16,18). The van der Waals surface area contributed by atoms with Crippen LogP contribution in [0.3, 0.4) is 0 Å². The first-order valence-corrected chi connectivity index (χ1v) is 6.14. The van der Waals surface area contributed by atoms with Crippen molar-refractivity contribution < 1.29 is 4.79 Å². The van der Waals surface area contributed by atoms with Crippen LogP contribution in [0.4, 0.5) is 0 Å². The molecule has 2 heterocycles. The monoisotopic (exact) mass is 243 g/mol. The number of rotatable bonds is 3. The average Bonchev–Trinajstić information content (AvgIpc) is 2.37. The molecule has 1 atom stereocenters. The second-order valence-corrected chi connectivity index (χ2v) is 4.47. The number of aryl methyl sites for hydroxylation is 1. The van der Waals surface area contributed by atoms with E-state index in [1.165, 1.54) is 0 Å². The van der Waals surface area contributed by atoms with Gasteiger partial charge in [0.1, 0.15) is 0 Å².